The molecule has 2 N–H and O–H groups in total. The fourth-order valence-corrected chi connectivity index (χ4v) is 2.72. The van der Waals surface area contributed by atoms with Crippen LogP contribution in [0.5, 0.6) is 11.5 Å². The van der Waals surface area contributed by atoms with Crippen LogP contribution in [-0.2, 0) is 4.79 Å². The Labute approximate surface area is 189 Å². The topological polar surface area (TPSA) is 93.7 Å². The van der Waals surface area contributed by atoms with E-state index >= 15 is 0 Å². The Morgan fingerprint density at radius 2 is 1.50 bits per heavy atom. The molecule has 0 bridgehead atoms. The molecule has 32 heavy (non-hydrogen) atoms. The molecule has 0 heterocycles. The zero-order valence-corrected chi connectivity index (χ0v) is 17.8. The number of hydrogen-bond acceptors (Lipinski definition) is 5. The van der Waals surface area contributed by atoms with Crippen molar-refractivity contribution in [1.29, 1.82) is 0 Å². The third kappa shape index (κ3) is 6.20. The number of esters is 1. The fourth-order valence-electron chi connectivity index (χ4n) is 2.60. The first-order chi connectivity index (χ1) is 15.5. The highest BCUT2D eigenvalue weighted by molar-refractivity contribution is 6.30. The summed E-state index contributed by atoms with van der Waals surface area (Å²) in [6, 6.07) is 19.5. The van der Waals surface area contributed by atoms with E-state index < -0.39 is 17.8 Å². The Morgan fingerprint density at radius 3 is 2.19 bits per heavy atom. The molecule has 0 unspecified atom stereocenters. The lowest BCUT2D eigenvalue weighted by molar-refractivity contribution is -0.117. The van der Waals surface area contributed by atoms with E-state index in [1.54, 1.807) is 72.8 Å². The van der Waals surface area contributed by atoms with Crippen LogP contribution in [0.2, 0.25) is 5.02 Å². The van der Waals surface area contributed by atoms with E-state index in [2.05, 4.69) is 10.9 Å². The van der Waals surface area contributed by atoms with E-state index in [-0.39, 0.29) is 5.75 Å². The highest BCUT2D eigenvalue weighted by Gasteiger charge is 2.11. The maximum Gasteiger partial charge on any atom is 0.343 e. The number of ether oxygens (including phenoxy) is 2. The van der Waals surface area contributed by atoms with Crippen molar-refractivity contribution in [3.8, 4) is 11.5 Å². The number of para-hydroxylation sites is 1. The van der Waals surface area contributed by atoms with Crippen molar-refractivity contribution in [1.82, 2.24) is 10.9 Å². The Morgan fingerprint density at radius 1 is 0.844 bits per heavy atom. The van der Waals surface area contributed by atoms with Gasteiger partial charge in [-0.25, -0.2) is 4.79 Å². The van der Waals surface area contributed by atoms with Crippen molar-refractivity contribution in [2.75, 3.05) is 7.11 Å². The van der Waals surface area contributed by atoms with Gasteiger partial charge in [-0.1, -0.05) is 29.8 Å². The van der Waals surface area contributed by atoms with Gasteiger partial charge in [-0.3, -0.25) is 20.4 Å². The van der Waals surface area contributed by atoms with Crippen LogP contribution in [0, 0.1) is 0 Å². The maximum absolute atomic E-state index is 12.3. The predicted octanol–water partition coefficient (Wildman–Crippen LogP) is 4.04. The van der Waals surface area contributed by atoms with Gasteiger partial charge < -0.3 is 9.47 Å². The summed E-state index contributed by atoms with van der Waals surface area (Å²) in [6.45, 7) is 0. The Kier molecular flexibility index (Phi) is 7.61. The summed E-state index contributed by atoms with van der Waals surface area (Å²) in [7, 11) is 1.53. The molecule has 0 aliphatic carbocycles. The largest absolute Gasteiger partial charge is 0.497 e. The van der Waals surface area contributed by atoms with Crippen molar-refractivity contribution in [3.63, 3.8) is 0 Å². The molecule has 0 saturated carbocycles. The minimum atomic E-state index is -0.564. The number of amides is 2. The van der Waals surface area contributed by atoms with Crippen LogP contribution in [0.1, 0.15) is 26.3 Å². The van der Waals surface area contributed by atoms with Crippen LogP contribution in [0.3, 0.4) is 0 Å². The number of rotatable bonds is 6. The number of carbonyl (C=O) groups is 3. The molecule has 7 nitrogen and oxygen atoms in total. The van der Waals surface area contributed by atoms with Gasteiger partial charge in [-0.2, -0.15) is 0 Å². The van der Waals surface area contributed by atoms with Crippen LogP contribution in [0.15, 0.2) is 78.9 Å². The zero-order chi connectivity index (χ0) is 22.9. The number of nitrogens with one attached hydrogen (secondary N) is 2. The van der Waals surface area contributed by atoms with E-state index in [1.165, 1.54) is 19.3 Å². The summed E-state index contributed by atoms with van der Waals surface area (Å²) < 4.78 is 10.5. The first kappa shape index (κ1) is 22.6. The van der Waals surface area contributed by atoms with Crippen LogP contribution >= 0.6 is 11.6 Å². The van der Waals surface area contributed by atoms with Crippen molar-refractivity contribution in [3.05, 3.63) is 101 Å². The Balaban J connectivity index is 1.59. The SMILES string of the molecule is COc1ccc(C(=O)NNC(=O)/C=C/c2ccccc2OC(=O)c2ccc(Cl)cc2)cc1. The van der Waals surface area contributed by atoms with E-state index in [4.69, 9.17) is 21.1 Å². The molecular formula is C24H19ClN2O5. The number of benzene rings is 3. The molecule has 3 aromatic rings. The molecule has 0 spiro atoms. The van der Waals surface area contributed by atoms with E-state index in [9.17, 15) is 14.4 Å². The summed E-state index contributed by atoms with van der Waals surface area (Å²) in [5, 5.41) is 0.509. The molecule has 0 saturated heterocycles. The number of hydrogen-bond donors (Lipinski definition) is 2. The van der Waals surface area contributed by atoms with Gasteiger partial charge in [0.25, 0.3) is 11.8 Å². The van der Waals surface area contributed by atoms with Gasteiger partial charge in [0.15, 0.2) is 0 Å². The van der Waals surface area contributed by atoms with E-state index in [0.29, 0.717) is 27.5 Å². The number of carbonyl (C=O) groups excluding carboxylic acids is 3. The van der Waals surface area contributed by atoms with Gasteiger partial charge in [0.2, 0.25) is 0 Å². The van der Waals surface area contributed by atoms with Gasteiger partial charge in [-0.05, 0) is 60.7 Å². The summed E-state index contributed by atoms with van der Waals surface area (Å²) in [5.41, 5.74) is 5.81. The Hall–Kier alpha value is -4.10. The average molecular weight is 451 g/mol. The Bertz CT molecular complexity index is 1140. The van der Waals surface area contributed by atoms with Crippen molar-refractivity contribution in [2.24, 2.45) is 0 Å². The number of halogens is 1. The lowest BCUT2D eigenvalue weighted by Gasteiger charge is -2.08. The molecule has 3 aromatic carbocycles. The molecule has 0 radical (unpaired) electrons. The number of methoxy groups -OCH3 is 1. The molecule has 2 amide bonds. The average Bonchev–Trinajstić information content (AvgIpc) is 2.82. The van der Waals surface area contributed by atoms with Gasteiger partial charge in [0.05, 0.1) is 12.7 Å². The van der Waals surface area contributed by atoms with E-state index in [1.807, 2.05) is 0 Å². The lowest BCUT2D eigenvalue weighted by Crippen LogP contribution is -2.40. The molecule has 162 valence electrons. The summed E-state index contributed by atoms with van der Waals surface area (Å²) in [4.78, 5) is 36.5. The van der Waals surface area contributed by atoms with Crippen LogP contribution in [0.25, 0.3) is 6.08 Å². The second-order valence-corrected chi connectivity index (χ2v) is 6.88. The van der Waals surface area contributed by atoms with Gasteiger partial charge in [0.1, 0.15) is 11.5 Å². The maximum atomic E-state index is 12.3. The van der Waals surface area contributed by atoms with Crippen LogP contribution in [0.4, 0.5) is 0 Å². The summed E-state index contributed by atoms with van der Waals surface area (Å²) in [5.74, 6) is -0.709. The van der Waals surface area contributed by atoms with E-state index in [0.717, 1.165) is 0 Å². The second-order valence-electron chi connectivity index (χ2n) is 6.44. The van der Waals surface area contributed by atoms with Gasteiger partial charge in [-0.15, -0.1) is 0 Å². The van der Waals surface area contributed by atoms with Crippen LogP contribution in [-0.4, -0.2) is 24.9 Å². The van der Waals surface area contributed by atoms with Gasteiger partial charge in [0, 0.05) is 22.2 Å². The first-order valence-electron chi connectivity index (χ1n) is 9.45. The fraction of sp³-hybridized carbons (Fsp3) is 0.0417. The van der Waals surface area contributed by atoms with Crippen molar-refractivity contribution >= 4 is 35.5 Å². The third-order valence-corrected chi connectivity index (χ3v) is 4.52. The highest BCUT2D eigenvalue weighted by atomic mass is 35.5. The monoisotopic (exact) mass is 450 g/mol. The van der Waals surface area contributed by atoms with Gasteiger partial charge >= 0.3 is 5.97 Å². The van der Waals surface area contributed by atoms with Crippen LogP contribution < -0.4 is 20.3 Å². The lowest BCUT2D eigenvalue weighted by atomic mass is 10.2. The zero-order valence-electron chi connectivity index (χ0n) is 17.0. The molecule has 0 aliphatic heterocycles. The minimum absolute atomic E-state index is 0.277. The molecule has 0 aromatic heterocycles. The summed E-state index contributed by atoms with van der Waals surface area (Å²) in [6.07, 6.45) is 2.68. The molecular weight excluding hydrogens is 432 g/mol. The molecule has 3 rings (SSSR count). The molecule has 8 heteroatoms. The standard InChI is InChI=1S/C24H19ClN2O5/c1-31-20-13-8-17(9-14-20)23(29)27-26-22(28)15-10-16-4-2-3-5-21(16)32-24(30)18-6-11-19(25)12-7-18/h2-15H,1H3,(H,26,28)(H,27,29)/b15-10+. The minimum Gasteiger partial charge on any atom is -0.497 e. The normalized spacial score (nSPS) is 10.4. The highest BCUT2D eigenvalue weighted by Crippen LogP contribution is 2.21. The quantitative estimate of drug-likeness (QED) is 0.256. The molecule has 0 fully saturated rings. The molecule has 0 atom stereocenters. The second kappa shape index (κ2) is 10.8. The smallest absolute Gasteiger partial charge is 0.343 e. The third-order valence-electron chi connectivity index (χ3n) is 4.27. The predicted molar refractivity (Wildman–Crippen MR) is 120 cm³/mol. The number of hydrazine groups is 1. The first-order valence-corrected chi connectivity index (χ1v) is 9.83. The van der Waals surface area contributed by atoms with Crippen molar-refractivity contribution < 1.29 is 23.9 Å². The van der Waals surface area contributed by atoms with Crippen molar-refractivity contribution in [2.45, 2.75) is 0 Å². The molecule has 0 aliphatic rings. The summed E-state index contributed by atoms with van der Waals surface area (Å²) >= 11 is 5.83.